The van der Waals surface area contributed by atoms with E-state index >= 15 is 0 Å². The Labute approximate surface area is 121 Å². The zero-order chi connectivity index (χ0) is 14.0. The second kappa shape index (κ2) is 5.60. The van der Waals surface area contributed by atoms with Crippen LogP contribution in [-0.2, 0) is 5.41 Å². The fourth-order valence-corrected chi connectivity index (χ4v) is 3.76. The molecule has 0 aliphatic carbocycles. The Morgan fingerprint density at radius 3 is 2.53 bits per heavy atom. The highest BCUT2D eigenvalue weighted by atomic mass is 32.1. The molecule has 0 radical (unpaired) electrons. The highest BCUT2D eigenvalue weighted by Crippen LogP contribution is 2.36. The minimum absolute atomic E-state index is 0.0265. The third-order valence-corrected chi connectivity index (χ3v) is 4.80. The summed E-state index contributed by atoms with van der Waals surface area (Å²) in [7, 11) is 1.95. The molecule has 7 heteroatoms. The molecule has 2 rings (SSSR count). The summed E-state index contributed by atoms with van der Waals surface area (Å²) in [4.78, 5) is 1.04. The summed E-state index contributed by atoms with van der Waals surface area (Å²) in [5, 5.41) is 18.0. The van der Waals surface area contributed by atoms with Crippen LogP contribution in [0.25, 0.3) is 9.88 Å². The molecule has 0 fully saturated rings. The van der Waals surface area contributed by atoms with Crippen molar-refractivity contribution < 1.29 is 0 Å². The second-order valence-corrected chi connectivity index (χ2v) is 7.16. The molecule has 104 valence electrons. The largest absolute Gasteiger partial charge is 0.311 e. The van der Waals surface area contributed by atoms with Crippen LogP contribution in [0.1, 0.15) is 50.9 Å². The van der Waals surface area contributed by atoms with Crippen molar-refractivity contribution in [3.63, 3.8) is 0 Å². The predicted molar refractivity (Wildman–Crippen MR) is 79.6 cm³/mol. The number of rotatable bonds is 4. The Bertz CT molecular complexity index is 536. The van der Waals surface area contributed by atoms with Crippen molar-refractivity contribution >= 4 is 22.9 Å². The average Bonchev–Trinajstić information content (AvgIpc) is 2.97. The zero-order valence-electron chi connectivity index (χ0n) is 11.9. The van der Waals surface area contributed by atoms with Crippen LogP contribution in [0.3, 0.4) is 0 Å². The first-order valence-electron chi connectivity index (χ1n) is 6.31. The van der Waals surface area contributed by atoms with Crippen LogP contribution in [0.5, 0.6) is 0 Å². The summed E-state index contributed by atoms with van der Waals surface area (Å²) in [5.74, 6) is 0. The van der Waals surface area contributed by atoms with Crippen molar-refractivity contribution in [3.05, 3.63) is 10.7 Å². The molecule has 1 unspecified atom stereocenters. The van der Waals surface area contributed by atoms with Crippen LogP contribution >= 0.6 is 22.9 Å². The van der Waals surface area contributed by atoms with Gasteiger partial charge in [-0.05, 0) is 25.0 Å². The Morgan fingerprint density at radius 2 is 1.95 bits per heavy atom. The van der Waals surface area contributed by atoms with Crippen LogP contribution < -0.4 is 5.32 Å². The minimum Gasteiger partial charge on any atom is -0.311 e. The number of hydrogen-bond acceptors (Lipinski definition) is 7. The van der Waals surface area contributed by atoms with Crippen molar-refractivity contribution in [2.45, 2.75) is 45.6 Å². The summed E-state index contributed by atoms with van der Waals surface area (Å²) in [6.07, 6.45) is 0.998. The van der Waals surface area contributed by atoms with Crippen molar-refractivity contribution in [1.29, 1.82) is 0 Å². The smallest absolute Gasteiger partial charge is 0.161 e. The van der Waals surface area contributed by atoms with Gasteiger partial charge < -0.3 is 5.32 Å². The Hall–Kier alpha value is -0.920. The van der Waals surface area contributed by atoms with E-state index in [4.69, 9.17) is 0 Å². The van der Waals surface area contributed by atoms with Crippen LogP contribution in [0, 0.1) is 0 Å². The van der Waals surface area contributed by atoms with E-state index in [1.54, 1.807) is 11.3 Å². The van der Waals surface area contributed by atoms with Gasteiger partial charge in [0.2, 0.25) is 0 Å². The average molecular weight is 297 g/mol. The zero-order valence-corrected chi connectivity index (χ0v) is 13.5. The van der Waals surface area contributed by atoms with E-state index in [1.807, 2.05) is 7.05 Å². The Balaban J connectivity index is 2.36. The number of hydrogen-bond donors (Lipinski definition) is 1. The number of nitrogens with one attached hydrogen (secondary N) is 1. The normalized spacial score (nSPS) is 13.7. The molecule has 2 heterocycles. The van der Waals surface area contributed by atoms with Crippen molar-refractivity contribution in [3.8, 4) is 9.88 Å². The molecule has 19 heavy (non-hydrogen) atoms. The highest BCUT2D eigenvalue weighted by molar-refractivity contribution is 7.19. The van der Waals surface area contributed by atoms with Gasteiger partial charge >= 0.3 is 0 Å². The second-order valence-electron chi connectivity index (χ2n) is 5.40. The molecule has 0 saturated heterocycles. The molecule has 2 aromatic heterocycles. The van der Waals surface area contributed by atoms with E-state index in [0.29, 0.717) is 0 Å². The summed E-state index contributed by atoms with van der Waals surface area (Å²) >= 11 is 3.02. The van der Waals surface area contributed by atoms with Gasteiger partial charge in [-0.1, -0.05) is 43.5 Å². The monoisotopic (exact) mass is 297 g/mol. The maximum atomic E-state index is 4.31. The molecule has 0 bridgehead atoms. The van der Waals surface area contributed by atoms with E-state index in [1.165, 1.54) is 11.5 Å². The van der Waals surface area contributed by atoms with Gasteiger partial charge in [0.05, 0.1) is 11.7 Å². The summed E-state index contributed by atoms with van der Waals surface area (Å²) in [5.41, 5.74) is 0.971. The van der Waals surface area contributed by atoms with Gasteiger partial charge in [0.15, 0.2) is 5.01 Å². The lowest BCUT2D eigenvalue weighted by Crippen LogP contribution is -2.14. The van der Waals surface area contributed by atoms with E-state index < -0.39 is 0 Å². The number of aromatic nitrogens is 4. The molecule has 5 nitrogen and oxygen atoms in total. The fraction of sp³-hybridized carbons (Fsp3) is 0.667. The van der Waals surface area contributed by atoms with E-state index in [2.05, 4.69) is 52.8 Å². The quantitative estimate of drug-likeness (QED) is 0.939. The Kier molecular flexibility index (Phi) is 4.27. The maximum Gasteiger partial charge on any atom is 0.161 e. The molecule has 0 spiro atoms. The van der Waals surface area contributed by atoms with Crippen LogP contribution in [0.15, 0.2) is 0 Å². The molecule has 0 aliphatic rings. The number of nitrogens with zero attached hydrogens (tertiary/aromatic N) is 4. The van der Waals surface area contributed by atoms with Gasteiger partial charge in [-0.15, -0.1) is 15.3 Å². The van der Waals surface area contributed by atoms with Gasteiger partial charge in [0, 0.05) is 5.41 Å². The van der Waals surface area contributed by atoms with Crippen LogP contribution in [0.4, 0.5) is 0 Å². The first-order valence-corrected chi connectivity index (χ1v) is 7.90. The van der Waals surface area contributed by atoms with E-state index in [0.717, 1.165) is 27.0 Å². The minimum atomic E-state index is -0.0265. The topological polar surface area (TPSA) is 63.6 Å². The van der Waals surface area contributed by atoms with Gasteiger partial charge in [-0.2, -0.15) is 0 Å². The SMILES string of the molecule is CCC(NC)c1nnc(-c2snnc2C(C)(C)C)s1. The molecule has 0 aliphatic heterocycles. The molecule has 2 aromatic rings. The molecular formula is C12H19N5S2. The van der Waals surface area contributed by atoms with Crippen LogP contribution in [-0.4, -0.2) is 26.8 Å². The lowest BCUT2D eigenvalue weighted by molar-refractivity contribution is 0.567. The summed E-state index contributed by atoms with van der Waals surface area (Å²) < 4.78 is 4.07. The molecule has 0 aromatic carbocycles. The van der Waals surface area contributed by atoms with Crippen molar-refractivity contribution in [1.82, 2.24) is 25.1 Å². The highest BCUT2D eigenvalue weighted by Gasteiger charge is 2.26. The summed E-state index contributed by atoms with van der Waals surface area (Å²) in [6.45, 7) is 8.55. The third-order valence-electron chi connectivity index (χ3n) is 2.89. The van der Waals surface area contributed by atoms with Crippen molar-refractivity contribution in [2.24, 2.45) is 0 Å². The first-order chi connectivity index (χ1) is 8.97. The maximum absolute atomic E-state index is 4.31. The molecule has 0 amide bonds. The standard InChI is InChI=1S/C12H19N5S2/c1-6-7(13-5)10-15-16-11(18-10)8-9(12(2,3)4)14-17-19-8/h7,13H,6H2,1-5H3. The van der Waals surface area contributed by atoms with E-state index in [9.17, 15) is 0 Å². The molecule has 1 atom stereocenters. The van der Waals surface area contributed by atoms with Gasteiger partial charge in [-0.25, -0.2) is 0 Å². The van der Waals surface area contributed by atoms with E-state index in [-0.39, 0.29) is 11.5 Å². The third kappa shape index (κ3) is 2.98. The van der Waals surface area contributed by atoms with Gasteiger partial charge in [0.25, 0.3) is 0 Å². The molecule has 1 N–H and O–H groups in total. The molecule has 0 saturated carbocycles. The predicted octanol–water partition coefficient (Wildman–Crippen LogP) is 3.02. The summed E-state index contributed by atoms with van der Waals surface area (Å²) in [6, 6.07) is 0.269. The lowest BCUT2D eigenvalue weighted by Gasteiger charge is -2.15. The lowest BCUT2D eigenvalue weighted by atomic mass is 9.91. The van der Waals surface area contributed by atoms with Gasteiger partial charge in [0.1, 0.15) is 9.88 Å². The van der Waals surface area contributed by atoms with Crippen molar-refractivity contribution in [2.75, 3.05) is 7.05 Å². The molecular weight excluding hydrogens is 278 g/mol. The van der Waals surface area contributed by atoms with Gasteiger partial charge in [-0.3, -0.25) is 0 Å². The fourth-order valence-electron chi connectivity index (χ4n) is 1.79. The Morgan fingerprint density at radius 1 is 1.21 bits per heavy atom. The van der Waals surface area contributed by atoms with Crippen LogP contribution in [0.2, 0.25) is 0 Å². The first kappa shape index (κ1) is 14.5.